The SMILES string of the molecule is CC(C)N(CCO)c1cccc(Cl)n1. The molecule has 0 unspecified atom stereocenters. The molecule has 0 aliphatic carbocycles. The highest BCUT2D eigenvalue weighted by Gasteiger charge is 2.10. The van der Waals surface area contributed by atoms with Crippen molar-refractivity contribution in [3.8, 4) is 0 Å². The Morgan fingerprint density at radius 2 is 2.21 bits per heavy atom. The van der Waals surface area contributed by atoms with Gasteiger partial charge < -0.3 is 10.0 Å². The van der Waals surface area contributed by atoms with Gasteiger partial charge in [0, 0.05) is 12.6 Å². The zero-order valence-corrected chi connectivity index (χ0v) is 9.20. The molecule has 78 valence electrons. The maximum Gasteiger partial charge on any atom is 0.131 e. The van der Waals surface area contributed by atoms with Gasteiger partial charge >= 0.3 is 0 Å². The van der Waals surface area contributed by atoms with E-state index in [0.29, 0.717) is 17.7 Å². The standard InChI is InChI=1S/C10H15ClN2O/c1-8(2)13(6-7-14)10-5-3-4-9(11)12-10/h3-5,8,14H,6-7H2,1-2H3. The molecule has 1 rings (SSSR count). The number of nitrogens with zero attached hydrogens (tertiary/aromatic N) is 2. The van der Waals surface area contributed by atoms with Crippen LogP contribution in [0.15, 0.2) is 18.2 Å². The van der Waals surface area contributed by atoms with Gasteiger partial charge in [-0.2, -0.15) is 0 Å². The topological polar surface area (TPSA) is 36.4 Å². The highest BCUT2D eigenvalue weighted by atomic mass is 35.5. The van der Waals surface area contributed by atoms with Crippen LogP contribution in [0.2, 0.25) is 5.15 Å². The van der Waals surface area contributed by atoms with Crippen LogP contribution in [-0.2, 0) is 0 Å². The smallest absolute Gasteiger partial charge is 0.131 e. The Morgan fingerprint density at radius 1 is 1.50 bits per heavy atom. The number of rotatable bonds is 4. The zero-order valence-electron chi connectivity index (χ0n) is 8.44. The molecule has 3 nitrogen and oxygen atoms in total. The van der Waals surface area contributed by atoms with E-state index in [4.69, 9.17) is 16.7 Å². The number of pyridine rings is 1. The van der Waals surface area contributed by atoms with Gasteiger partial charge in [0.05, 0.1) is 6.61 Å². The van der Waals surface area contributed by atoms with E-state index in [1.807, 2.05) is 17.0 Å². The Kier molecular flexibility index (Phi) is 4.17. The molecule has 0 fully saturated rings. The predicted octanol–water partition coefficient (Wildman–Crippen LogP) is 1.94. The first-order valence-corrected chi connectivity index (χ1v) is 5.03. The average Bonchev–Trinajstić information content (AvgIpc) is 2.13. The minimum atomic E-state index is 0.117. The fourth-order valence-corrected chi connectivity index (χ4v) is 1.46. The Balaban J connectivity index is 2.87. The summed E-state index contributed by atoms with van der Waals surface area (Å²) in [6.45, 7) is 4.80. The molecule has 0 spiro atoms. The van der Waals surface area contributed by atoms with E-state index in [0.717, 1.165) is 5.82 Å². The summed E-state index contributed by atoms with van der Waals surface area (Å²) in [6.07, 6.45) is 0. The van der Waals surface area contributed by atoms with Crippen LogP contribution in [0.4, 0.5) is 5.82 Å². The van der Waals surface area contributed by atoms with Gasteiger partial charge in [-0.25, -0.2) is 4.98 Å². The lowest BCUT2D eigenvalue weighted by atomic mass is 10.3. The monoisotopic (exact) mass is 214 g/mol. The predicted molar refractivity (Wildman–Crippen MR) is 58.8 cm³/mol. The van der Waals surface area contributed by atoms with Crippen molar-refractivity contribution in [2.45, 2.75) is 19.9 Å². The van der Waals surface area contributed by atoms with Crippen LogP contribution in [-0.4, -0.2) is 29.3 Å². The molecule has 1 aromatic heterocycles. The fraction of sp³-hybridized carbons (Fsp3) is 0.500. The van der Waals surface area contributed by atoms with Crippen LogP contribution in [0, 0.1) is 0 Å². The quantitative estimate of drug-likeness (QED) is 0.779. The molecule has 0 aliphatic rings. The highest BCUT2D eigenvalue weighted by Crippen LogP contribution is 2.16. The lowest BCUT2D eigenvalue weighted by molar-refractivity contribution is 0.298. The Morgan fingerprint density at radius 3 is 2.71 bits per heavy atom. The van der Waals surface area contributed by atoms with E-state index in [-0.39, 0.29) is 6.61 Å². The van der Waals surface area contributed by atoms with Gasteiger partial charge in [0.2, 0.25) is 0 Å². The van der Waals surface area contributed by atoms with Gasteiger partial charge in [0.25, 0.3) is 0 Å². The van der Waals surface area contributed by atoms with Crippen molar-refractivity contribution in [1.29, 1.82) is 0 Å². The molecule has 0 aliphatic heterocycles. The highest BCUT2D eigenvalue weighted by molar-refractivity contribution is 6.29. The van der Waals surface area contributed by atoms with Crippen molar-refractivity contribution < 1.29 is 5.11 Å². The first kappa shape index (κ1) is 11.3. The van der Waals surface area contributed by atoms with Crippen LogP contribution in [0.3, 0.4) is 0 Å². The minimum Gasteiger partial charge on any atom is -0.395 e. The second kappa shape index (κ2) is 5.17. The van der Waals surface area contributed by atoms with Gasteiger partial charge in [-0.3, -0.25) is 0 Å². The van der Waals surface area contributed by atoms with Crippen molar-refractivity contribution in [2.75, 3.05) is 18.1 Å². The number of anilines is 1. The summed E-state index contributed by atoms with van der Waals surface area (Å²) in [5.74, 6) is 0.807. The Bertz CT molecular complexity index is 291. The molecular formula is C10H15ClN2O. The first-order valence-electron chi connectivity index (χ1n) is 4.65. The molecule has 1 N–H and O–H groups in total. The lowest BCUT2D eigenvalue weighted by Crippen LogP contribution is -2.34. The number of aliphatic hydroxyl groups excluding tert-OH is 1. The molecule has 0 saturated carbocycles. The number of hydrogen-bond donors (Lipinski definition) is 1. The van der Waals surface area contributed by atoms with Crippen molar-refractivity contribution in [1.82, 2.24) is 4.98 Å². The normalized spacial score (nSPS) is 10.6. The zero-order chi connectivity index (χ0) is 10.6. The van der Waals surface area contributed by atoms with Gasteiger partial charge in [-0.15, -0.1) is 0 Å². The molecule has 14 heavy (non-hydrogen) atoms. The number of aliphatic hydroxyl groups is 1. The first-order chi connectivity index (χ1) is 6.65. The summed E-state index contributed by atoms with van der Waals surface area (Å²) in [6, 6.07) is 5.79. The number of halogens is 1. The summed E-state index contributed by atoms with van der Waals surface area (Å²) in [5, 5.41) is 9.39. The van der Waals surface area contributed by atoms with E-state index in [1.54, 1.807) is 6.07 Å². The molecule has 0 radical (unpaired) electrons. The molecule has 0 saturated heterocycles. The van der Waals surface area contributed by atoms with E-state index in [1.165, 1.54) is 0 Å². The molecule has 0 bridgehead atoms. The van der Waals surface area contributed by atoms with E-state index in [9.17, 15) is 0 Å². The summed E-state index contributed by atoms with van der Waals surface area (Å²) < 4.78 is 0. The Hall–Kier alpha value is -0.800. The van der Waals surface area contributed by atoms with Crippen LogP contribution >= 0.6 is 11.6 Å². The lowest BCUT2D eigenvalue weighted by Gasteiger charge is -2.26. The van der Waals surface area contributed by atoms with Crippen LogP contribution in [0.5, 0.6) is 0 Å². The average molecular weight is 215 g/mol. The maximum absolute atomic E-state index is 8.91. The van der Waals surface area contributed by atoms with Gasteiger partial charge in [0.1, 0.15) is 11.0 Å². The molecule has 0 aromatic carbocycles. The second-order valence-corrected chi connectivity index (χ2v) is 3.72. The van der Waals surface area contributed by atoms with Crippen LogP contribution in [0.1, 0.15) is 13.8 Å². The molecule has 4 heteroatoms. The van der Waals surface area contributed by atoms with Gasteiger partial charge in [0.15, 0.2) is 0 Å². The number of hydrogen-bond acceptors (Lipinski definition) is 3. The summed E-state index contributed by atoms with van der Waals surface area (Å²) in [5.41, 5.74) is 0. The summed E-state index contributed by atoms with van der Waals surface area (Å²) in [7, 11) is 0. The maximum atomic E-state index is 8.91. The van der Waals surface area contributed by atoms with Crippen LogP contribution < -0.4 is 4.90 Å². The minimum absolute atomic E-state index is 0.117. The largest absolute Gasteiger partial charge is 0.395 e. The third-order valence-electron chi connectivity index (χ3n) is 1.96. The molecule has 0 atom stereocenters. The third-order valence-corrected chi connectivity index (χ3v) is 2.17. The molecule has 1 aromatic rings. The van der Waals surface area contributed by atoms with Crippen molar-refractivity contribution in [3.05, 3.63) is 23.4 Å². The molecule has 1 heterocycles. The van der Waals surface area contributed by atoms with E-state index >= 15 is 0 Å². The van der Waals surface area contributed by atoms with E-state index < -0.39 is 0 Å². The van der Waals surface area contributed by atoms with Crippen molar-refractivity contribution >= 4 is 17.4 Å². The fourth-order valence-electron chi connectivity index (χ4n) is 1.30. The third kappa shape index (κ3) is 2.86. The van der Waals surface area contributed by atoms with Gasteiger partial charge in [-0.05, 0) is 26.0 Å². The van der Waals surface area contributed by atoms with Crippen LogP contribution in [0.25, 0.3) is 0 Å². The molecular weight excluding hydrogens is 200 g/mol. The summed E-state index contributed by atoms with van der Waals surface area (Å²) >= 11 is 5.79. The molecule has 0 amide bonds. The number of aromatic nitrogens is 1. The second-order valence-electron chi connectivity index (χ2n) is 3.33. The Labute approximate surface area is 89.3 Å². The van der Waals surface area contributed by atoms with Crippen molar-refractivity contribution in [2.24, 2.45) is 0 Å². The van der Waals surface area contributed by atoms with Crippen molar-refractivity contribution in [3.63, 3.8) is 0 Å². The van der Waals surface area contributed by atoms with E-state index in [2.05, 4.69) is 18.8 Å². The summed E-state index contributed by atoms with van der Waals surface area (Å²) in [4.78, 5) is 6.20. The van der Waals surface area contributed by atoms with Gasteiger partial charge in [-0.1, -0.05) is 17.7 Å².